The molecule has 0 radical (unpaired) electrons. The van der Waals surface area contributed by atoms with Gasteiger partial charge in [0, 0.05) is 5.56 Å². The number of benzene rings is 2. The van der Waals surface area contributed by atoms with E-state index in [9.17, 15) is 4.79 Å². The fourth-order valence-corrected chi connectivity index (χ4v) is 2.32. The number of carbonyl (C=O) groups is 1. The predicted octanol–water partition coefficient (Wildman–Crippen LogP) is 3.20. The minimum absolute atomic E-state index is 0.109. The second-order valence-corrected chi connectivity index (χ2v) is 5.02. The maximum atomic E-state index is 12.5. The smallest absolute Gasteiger partial charge is 0.252 e. The number of ether oxygens (including phenoxy) is 3. The molecule has 5 nitrogen and oxygen atoms in total. The highest BCUT2D eigenvalue weighted by molar-refractivity contribution is 5.95. The van der Waals surface area contributed by atoms with Gasteiger partial charge < -0.3 is 19.5 Å². The highest BCUT2D eigenvalue weighted by Crippen LogP contribution is 2.38. The molecule has 0 heterocycles. The summed E-state index contributed by atoms with van der Waals surface area (Å²) >= 11 is 0. The maximum absolute atomic E-state index is 12.5. The molecule has 1 N–H and O–H groups in total. The molecule has 0 unspecified atom stereocenters. The third-order valence-electron chi connectivity index (χ3n) is 3.57. The van der Waals surface area contributed by atoms with Crippen LogP contribution in [0.5, 0.6) is 17.2 Å². The van der Waals surface area contributed by atoms with Crippen LogP contribution in [0.2, 0.25) is 0 Å². The zero-order valence-electron chi connectivity index (χ0n) is 13.8. The van der Waals surface area contributed by atoms with E-state index in [1.165, 1.54) is 21.3 Å². The summed E-state index contributed by atoms with van der Waals surface area (Å²) in [5, 5.41) is 2.96. The summed E-state index contributed by atoms with van der Waals surface area (Å²) in [6.45, 7) is 1.94. The molecule has 1 amide bonds. The molecule has 0 saturated heterocycles. The van der Waals surface area contributed by atoms with Gasteiger partial charge >= 0.3 is 0 Å². The van der Waals surface area contributed by atoms with Gasteiger partial charge in [0.2, 0.25) is 5.75 Å². The van der Waals surface area contributed by atoms with E-state index in [4.69, 9.17) is 14.2 Å². The van der Waals surface area contributed by atoms with Crippen molar-refractivity contribution in [2.45, 2.75) is 13.0 Å². The largest absolute Gasteiger partial charge is 0.493 e. The van der Waals surface area contributed by atoms with Gasteiger partial charge in [0.25, 0.3) is 5.91 Å². The van der Waals surface area contributed by atoms with Crippen molar-refractivity contribution in [1.82, 2.24) is 5.32 Å². The molecule has 0 aliphatic carbocycles. The van der Waals surface area contributed by atoms with Gasteiger partial charge in [-0.15, -0.1) is 0 Å². The van der Waals surface area contributed by atoms with Gasteiger partial charge in [0.05, 0.1) is 27.4 Å². The lowest BCUT2D eigenvalue weighted by Crippen LogP contribution is -2.26. The first-order chi connectivity index (χ1) is 11.1. The van der Waals surface area contributed by atoms with E-state index in [-0.39, 0.29) is 11.9 Å². The third-order valence-corrected chi connectivity index (χ3v) is 3.57. The van der Waals surface area contributed by atoms with Crippen LogP contribution in [0.15, 0.2) is 42.5 Å². The summed E-state index contributed by atoms with van der Waals surface area (Å²) in [4.78, 5) is 12.5. The Balaban J connectivity index is 2.25. The monoisotopic (exact) mass is 315 g/mol. The van der Waals surface area contributed by atoms with Crippen LogP contribution < -0.4 is 19.5 Å². The van der Waals surface area contributed by atoms with Crippen LogP contribution in [0, 0.1) is 0 Å². The van der Waals surface area contributed by atoms with Crippen molar-refractivity contribution in [2.75, 3.05) is 21.3 Å². The normalized spacial score (nSPS) is 11.5. The van der Waals surface area contributed by atoms with Gasteiger partial charge in [-0.25, -0.2) is 0 Å². The van der Waals surface area contributed by atoms with Crippen molar-refractivity contribution >= 4 is 5.91 Å². The Morgan fingerprint density at radius 1 is 0.957 bits per heavy atom. The Bertz CT molecular complexity index is 645. The molecule has 0 aliphatic heterocycles. The van der Waals surface area contributed by atoms with E-state index in [0.29, 0.717) is 22.8 Å². The van der Waals surface area contributed by atoms with Gasteiger partial charge in [-0.2, -0.15) is 0 Å². The number of amides is 1. The summed E-state index contributed by atoms with van der Waals surface area (Å²) in [6.07, 6.45) is 0. The van der Waals surface area contributed by atoms with Gasteiger partial charge in [0.15, 0.2) is 11.5 Å². The van der Waals surface area contributed by atoms with Crippen LogP contribution in [-0.2, 0) is 0 Å². The lowest BCUT2D eigenvalue weighted by Gasteiger charge is -2.17. The Morgan fingerprint density at radius 2 is 1.52 bits per heavy atom. The molecule has 0 saturated carbocycles. The summed E-state index contributed by atoms with van der Waals surface area (Å²) < 4.78 is 15.8. The molecular weight excluding hydrogens is 294 g/mol. The average molecular weight is 315 g/mol. The number of methoxy groups -OCH3 is 3. The summed E-state index contributed by atoms with van der Waals surface area (Å²) in [5.74, 6) is 1.15. The molecule has 0 spiro atoms. The highest BCUT2D eigenvalue weighted by atomic mass is 16.5. The third kappa shape index (κ3) is 3.74. The molecule has 5 heteroatoms. The van der Waals surface area contributed by atoms with E-state index in [0.717, 1.165) is 5.56 Å². The standard InChI is InChI=1S/C18H21NO4/c1-12(13-8-6-5-7-9-13)19-18(20)14-10-15(21-2)17(23-4)16(11-14)22-3/h5-12H,1-4H3,(H,19,20)/t12-/m1/s1. The summed E-state index contributed by atoms with van der Waals surface area (Å²) in [6, 6.07) is 12.9. The molecule has 122 valence electrons. The van der Waals surface area contributed by atoms with Gasteiger partial charge in [0.1, 0.15) is 0 Å². The van der Waals surface area contributed by atoms with Gasteiger partial charge in [-0.3, -0.25) is 4.79 Å². The second-order valence-electron chi connectivity index (χ2n) is 5.02. The van der Waals surface area contributed by atoms with Crippen molar-refractivity contribution in [1.29, 1.82) is 0 Å². The molecule has 1 atom stereocenters. The first-order valence-electron chi connectivity index (χ1n) is 7.26. The molecular formula is C18H21NO4. The lowest BCUT2D eigenvalue weighted by atomic mass is 10.1. The lowest BCUT2D eigenvalue weighted by molar-refractivity contribution is 0.0939. The first-order valence-corrected chi connectivity index (χ1v) is 7.26. The zero-order chi connectivity index (χ0) is 16.8. The molecule has 2 aromatic rings. The van der Waals surface area contributed by atoms with E-state index < -0.39 is 0 Å². The van der Waals surface area contributed by atoms with Gasteiger partial charge in [-0.05, 0) is 24.6 Å². The molecule has 0 aromatic heterocycles. The number of carbonyl (C=O) groups excluding carboxylic acids is 1. The molecule has 2 rings (SSSR count). The molecule has 23 heavy (non-hydrogen) atoms. The minimum atomic E-state index is -0.208. The topological polar surface area (TPSA) is 56.8 Å². The Kier molecular flexibility index (Phi) is 5.46. The average Bonchev–Trinajstić information content (AvgIpc) is 2.60. The molecule has 0 bridgehead atoms. The van der Waals surface area contributed by atoms with Crippen LogP contribution in [0.4, 0.5) is 0 Å². The van der Waals surface area contributed by atoms with E-state index in [1.807, 2.05) is 37.3 Å². The van der Waals surface area contributed by atoms with Crippen molar-refractivity contribution in [3.63, 3.8) is 0 Å². The van der Waals surface area contributed by atoms with Crippen LogP contribution in [-0.4, -0.2) is 27.2 Å². The number of nitrogens with one attached hydrogen (secondary N) is 1. The minimum Gasteiger partial charge on any atom is -0.493 e. The molecule has 0 aliphatic rings. The predicted molar refractivity (Wildman–Crippen MR) is 88.4 cm³/mol. The van der Waals surface area contributed by atoms with E-state index in [1.54, 1.807) is 12.1 Å². The molecule has 0 fully saturated rings. The Morgan fingerprint density at radius 3 is 2.00 bits per heavy atom. The first kappa shape index (κ1) is 16.7. The summed E-state index contributed by atoms with van der Waals surface area (Å²) in [5.41, 5.74) is 1.48. The number of rotatable bonds is 6. The Hall–Kier alpha value is -2.69. The van der Waals surface area contributed by atoms with E-state index >= 15 is 0 Å². The second kappa shape index (κ2) is 7.54. The summed E-state index contributed by atoms with van der Waals surface area (Å²) in [7, 11) is 4.56. The number of hydrogen-bond acceptors (Lipinski definition) is 4. The molecule has 2 aromatic carbocycles. The zero-order valence-corrected chi connectivity index (χ0v) is 13.8. The quantitative estimate of drug-likeness (QED) is 0.889. The SMILES string of the molecule is COc1cc(C(=O)N[C@H](C)c2ccccc2)cc(OC)c1OC. The van der Waals surface area contributed by atoms with Gasteiger partial charge in [-0.1, -0.05) is 30.3 Å². The van der Waals surface area contributed by atoms with Crippen molar-refractivity contribution in [2.24, 2.45) is 0 Å². The highest BCUT2D eigenvalue weighted by Gasteiger charge is 2.18. The van der Waals surface area contributed by atoms with Crippen LogP contribution >= 0.6 is 0 Å². The maximum Gasteiger partial charge on any atom is 0.252 e. The fraction of sp³-hybridized carbons (Fsp3) is 0.278. The number of hydrogen-bond donors (Lipinski definition) is 1. The van der Waals surface area contributed by atoms with E-state index in [2.05, 4.69) is 5.32 Å². The van der Waals surface area contributed by atoms with Crippen LogP contribution in [0.3, 0.4) is 0 Å². The van der Waals surface area contributed by atoms with Crippen molar-refractivity contribution < 1.29 is 19.0 Å². The fourth-order valence-electron chi connectivity index (χ4n) is 2.32. The van der Waals surface area contributed by atoms with Crippen molar-refractivity contribution in [3.8, 4) is 17.2 Å². The van der Waals surface area contributed by atoms with Crippen LogP contribution in [0.25, 0.3) is 0 Å². The van der Waals surface area contributed by atoms with Crippen molar-refractivity contribution in [3.05, 3.63) is 53.6 Å². The Labute approximate surface area is 136 Å². The van der Waals surface area contributed by atoms with Crippen LogP contribution in [0.1, 0.15) is 28.9 Å².